The van der Waals surface area contributed by atoms with Crippen LogP contribution in [0.1, 0.15) is 35.7 Å². The number of fused-ring (bicyclic) bond motifs is 1. The molecule has 1 heterocycles. The Morgan fingerprint density at radius 1 is 1.14 bits per heavy atom. The summed E-state index contributed by atoms with van der Waals surface area (Å²) in [5.41, 5.74) is 11.6. The van der Waals surface area contributed by atoms with Crippen molar-refractivity contribution in [2.75, 3.05) is 25.5 Å². The molecule has 3 heteroatoms. The van der Waals surface area contributed by atoms with Gasteiger partial charge in [0.15, 0.2) is 0 Å². The van der Waals surface area contributed by atoms with Crippen molar-refractivity contribution in [2.24, 2.45) is 5.73 Å². The van der Waals surface area contributed by atoms with Crippen LogP contribution in [0.5, 0.6) is 0 Å². The highest BCUT2D eigenvalue weighted by Crippen LogP contribution is 2.42. The Morgan fingerprint density at radius 3 is 2.50 bits per heavy atom. The minimum absolute atomic E-state index is 0.296. The summed E-state index contributed by atoms with van der Waals surface area (Å²) in [5.74, 6) is 0. The van der Waals surface area contributed by atoms with E-state index in [1.807, 2.05) is 0 Å². The van der Waals surface area contributed by atoms with Crippen LogP contribution in [0.15, 0.2) is 48.5 Å². The van der Waals surface area contributed by atoms with E-state index in [1.165, 1.54) is 22.4 Å². The molecule has 0 amide bonds. The molecule has 0 saturated heterocycles. The Kier molecular flexibility index (Phi) is 4.19. The van der Waals surface area contributed by atoms with Crippen molar-refractivity contribution in [1.29, 1.82) is 0 Å². The molecule has 0 aliphatic carbocycles. The minimum Gasteiger partial charge on any atom is -0.377 e. The van der Waals surface area contributed by atoms with Gasteiger partial charge in [0.2, 0.25) is 0 Å². The third-order valence-corrected chi connectivity index (χ3v) is 4.77. The van der Waals surface area contributed by atoms with Crippen molar-refractivity contribution in [3.63, 3.8) is 0 Å². The normalized spacial score (nSPS) is 19.0. The van der Waals surface area contributed by atoms with Crippen LogP contribution in [0.3, 0.4) is 0 Å². The summed E-state index contributed by atoms with van der Waals surface area (Å²) in [6.45, 7) is 3.89. The summed E-state index contributed by atoms with van der Waals surface area (Å²) in [6, 6.07) is 17.9. The Bertz CT molecular complexity index is 636. The van der Waals surface area contributed by atoms with Crippen molar-refractivity contribution in [3.05, 3.63) is 65.2 Å². The Labute approximate surface area is 133 Å². The lowest BCUT2D eigenvalue weighted by Crippen LogP contribution is -2.30. The second-order valence-corrected chi connectivity index (χ2v) is 6.25. The first-order valence-electron chi connectivity index (χ1n) is 7.93. The van der Waals surface area contributed by atoms with Crippen molar-refractivity contribution < 1.29 is 0 Å². The molecule has 0 radical (unpaired) electrons. The van der Waals surface area contributed by atoms with Gasteiger partial charge in [0.1, 0.15) is 0 Å². The molecule has 3 nitrogen and oxygen atoms in total. The first-order valence-corrected chi connectivity index (χ1v) is 7.93. The molecule has 1 aliphatic heterocycles. The van der Waals surface area contributed by atoms with Gasteiger partial charge in [-0.25, -0.2) is 0 Å². The summed E-state index contributed by atoms with van der Waals surface area (Å²) >= 11 is 0. The maximum absolute atomic E-state index is 6.13. The molecule has 0 spiro atoms. The van der Waals surface area contributed by atoms with Gasteiger partial charge in [0.05, 0.1) is 0 Å². The standard InChI is InChI=1S/C19H25N3/c1-14(15-8-5-4-6-9-15)22-13-17-16(19(22)12-20)10-7-11-18(17)21(2)3/h4-11,14,19H,12-13,20H2,1-3H3. The quantitative estimate of drug-likeness (QED) is 0.939. The predicted molar refractivity (Wildman–Crippen MR) is 93.0 cm³/mol. The number of hydrogen-bond donors (Lipinski definition) is 1. The fourth-order valence-electron chi connectivity index (χ4n) is 3.56. The number of benzene rings is 2. The number of nitrogens with two attached hydrogens (primary N) is 1. The summed E-state index contributed by atoms with van der Waals surface area (Å²) in [7, 11) is 4.21. The second kappa shape index (κ2) is 6.11. The molecule has 116 valence electrons. The van der Waals surface area contributed by atoms with Crippen LogP contribution in [0.4, 0.5) is 5.69 Å². The van der Waals surface area contributed by atoms with Gasteiger partial charge in [-0.2, -0.15) is 0 Å². The molecular weight excluding hydrogens is 270 g/mol. The minimum atomic E-state index is 0.296. The molecule has 2 N–H and O–H groups in total. The average Bonchev–Trinajstić information content (AvgIpc) is 2.93. The molecular formula is C19H25N3. The zero-order valence-corrected chi connectivity index (χ0v) is 13.7. The van der Waals surface area contributed by atoms with Gasteiger partial charge in [-0.1, -0.05) is 42.5 Å². The van der Waals surface area contributed by atoms with Crippen molar-refractivity contribution in [1.82, 2.24) is 4.90 Å². The van der Waals surface area contributed by atoms with E-state index in [0.29, 0.717) is 18.6 Å². The highest BCUT2D eigenvalue weighted by Gasteiger charge is 2.34. The van der Waals surface area contributed by atoms with Crippen LogP contribution in [0.25, 0.3) is 0 Å². The molecule has 0 fully saturated rings. The zero-order chi connectivity index (χ0) is 15.7. The van der Waals surface area contributed by atoms with Gasteiger partial charge in [-0.3, -0.25) is 4.90 Å². The van der Waals surface area contributed by atoms with E-state index in [2.05, 4.69) is 79.3 Å². The van der Waals surface area contributed by atoms with Gasteiger partial charge in [-0.05, 0) is 29.7 Å². The molecule has 2 unspecified atom stereocenters. The first-order chi connectivity index (χ1) is 10.6. The lowest BCUT2D eigenvalue weighted by Gasteiger charge is -2.30. The lowest BCUT2D eigenvalue weighted by atomic mass is 10.0. The number of nitrogens with zero attached hydrogens (tertiary/aromatic N) is 2. The SMILES string of the molecule is CC(c1ccccc1)N1Cc2c(cccc2N(C)C)C1CN. The van der Waals surface area contributed by atoms with E-state index in [9.17, 15) is 0 Å². The highest BCUT2D eigenvalue weighted by atomic mass is 15.2. The van der Waals surface area contributed by atoms with Gasteiger partial charge in [0.25, 0.3) is 0 Å². The monoisotopic (exact) mass is 295 g/mol. The molecule has 3 rings (SSSR count). The maximum Gasteiger partial charge on any atom is 0.0484 e. The van der Waals surface area contributed by atoms with E-state index >= 15 is 0 Å². The van der Waals surface area contributed by atoms with Gasteiger partial charge < -0.3 is 10.6 Å². The smallest absolute Gasteiger partial charge is 0.0484 e. The summed E-state index contributed by atoms with van der Waals surface area (Å²) in [5, 5.41) is 0. The molecule has 2 atom stereocenters. The number of hydrogen-bond acceptors (Lipinski definition) is 3. The van der Waals surface area contributed by atoms with Crippen molar-refractivity contribution in [2.45, 2.75) is 25.6 Å². The second-order valence-electron chi connectivity index (χ2n) is 6.25. The Hall–Kier alpha value is -1.84. The fourth-order valence-corrected chi connectivity index (χ4v) is 3.56. The van der Waals surface area contributed by atoms with E-state index in [0.717, 1.165) is 6.54 Å². The third-order valence-electron chi connectivity index (χ3n) is 4.77. The zero-order valence-electron chi connectivity index (χ0n) is 13.7. The summed E-state index contributed by atoms with van der Waals surface area (Å²) in [4.78, 5) is 4.72. The maximum atomic E-state index is 6.13. The summed E-state index contributed by atoms with van der Waals surface area (Å²) in [6.07, 6.45) is 0. The van der Waals surface area contributed by atoms with Crippen LogP contribution in [-0.2, 0) is 6.54 Å². The molecule has 2 aromatic rings. The molecule has 0 bridgehead atoms. The van der Waals surface area contributed by atoms with Gasteiger partial charge in [0, 0.05) is 45.0 Å². The lowest BCUT2D eigenvalue weighted by molar-refractivity contribution is 0.161. The van der Waals surface area contributed by atoms with Crippen molar-refractivity contribution in [3.8, 4) is 0 Å². The van der Waals surface area contributed by atoms with Crippen molar-refractivity contribution >= 4 is 5.69 Å². The predicted octanol–water partition coefficient (Wildman–Crippen LogP) is 3.33. The third kappa shape index (κ3) is 2.51. The van der Waals surface area contributed by atoms with Crippen LogP contribution in [0, 0.1) is 0 Å². The Morgan fingerprint density at radius 2 is 1.86 bits per heavy atom. The van der Waals surface area contributed by atoms with Crippen LogP contribution < -0.4 is 10.6 Å². The van der Waals surface area contributed by atoms with Crippen LogP contribution >= 0.6 is 0 Å². The molecule has 2 aromatic carbocycles. The van der Waals surface area contributed by atoms with Crippen LogP contribution in [0.2, 0.25) is 0 Å². The topological polar surface area (TPSA) is 32.5 Å². The van der Waals surface area contributed by atoms with Crippen LogP contribution in [-0.4, -0.2) is 25.5 Å². The fraction of sp³-hybridized carbons (Fsp3) is 0.368. The molecule has 0 aromatic heterocycles. The number of rotatable bonds is 4. The largest absolute Gasteiger partial charge is 0.377 e. The van der Waals surface area contributed by atoms with Gasteiger partial charge >= 0.3 is 0 Å². The van der Waals surface area contributed by atoms with E-state index in [1.54, 1.807) is 0 Å². The average molecular weight is 295 g/mol. The molecule has 1 aliphatic rings. The first kappa shape index (κ1) is 15.1. The van der Waals surface area contributed by atoms with E-state index in [-0.39, 0.29) is 0 Å². The molecule has 0 saturated carbocycles. The van der Waals surface area contributed by atoms with Gasteiger partial charge in [-0.15, -0.1) is 0 Å². The van der Waals surface area contributed by atoms with E-state index in [4.69, 9.17) is 5.73 Å². The number of anilines is 1. The van der Waals surface area contributed by atoms with E-state index < -0.39 is 0 Å². The Balaban J connectivity index is 1.97. The molecule has 22 heavy (non-hydrogen) atoms. The summed E-state index contributed by atoms with van der Waals surface area (Å²) < 4.78 is 0. The highest BCUT2D eigenvalue weighted by molar-refractivity contribution is 5.58.